The maximum atomic E-state index is 11.9. The highest BCUT2D eigenvalue weighted by Gasteiger charge is 2.55. The summed E-state index contributed by atoms with van der Waals surface area (Å²) in [6.07, 6.45) is -8.15. The second-order valence-corrected chi connectivity index (χ2v) is 1.72. The monoisotopic (exact) mass is 196 g/mol. The van der Waals surface area contributed by atoms with Crippen LogP contribution in [0.3, 0.4) is 0 Å². The fourth-order valence-corrected chi connectivity index (χ4v) is 0.322. The number of halogens is 6. The first-order valence-electron chi connectivity index (χ1n) is 2.47. The highest BCUT2D eigenvalue weighted by molar-refractivity contribution is 5.77. The maximum absolute atomic E-state index is 11.9. The van der Waals surface area contributed by atoms with E-state index in [0.29, 0.717) is 0 Å². The highest BCUT2D eigenvalue weighted by atomic mass is 19.3. The zero-order valence-electron chi connectivity index (χ0n) is 5.24. The van der Waals surface area contributed by atoms with Gasteiger partial charge in [0.15, 0.2) is 0 Å². The first-order chi connectivity index (χ1) is 5.34. The Labute approximate surface area is 62.0 Å². The van der Waals surface area contributed by atoms with E-state index < -0.39 is 24.5 Å². The first-order valence-corrected chi connectivity index (χ1v) is 2.47. The molecule has 12 heavy (non-hydrogen) atoms. The molecule has 0 fully saturated rings. The van der Waals surface area contributed by atoms with Gasteiger partial charge in [0.05, 0.1) is 0 Å². The van der Waals surface area contributed by atoms with Crippen molar-refractivity contribution in [2.45, 2.75) is 18.5 Å². The van der Waals surface area contributed by atoms with E-state index in [0.717, 1.165) is 0 Å². The standard InChI is InChI=1S/C4H2F6O2/c5-1(2(6)7)4(8,9)3(11)12-10/h1-2H. The summed E-state index contributed by atoms with van der Waals surface area (Å²) in [5.74, 6) is -8.14. The Balaban J connectivity index is 4.48. The topological polar surface area (TPSA) is 26.3 Å². The molecule has 0 aliphatic rings. The molecule has 0 bridgehead atoms. The van der Waals surface area contributed by atoms with Crippen LogP contribution in [0.2, 0.25) is 0 Å². The highest BCUT2D eigenvalue weighted by Crippen LogP contribution is 2.27. The molecule has 0 heterocycles. The third-order valence-corrected chi connectivity index (χ3v) is 0.910. The Bertz CT molecular complexity index is 169. The summed E-state index contributed by atoms with van der Waals surface area (Å²) >= 11 is 0. The fourth-order valence-electron chi connectivity index (χ4n) is 0.322. The van der Waals surface area contributed by atoms with E-state index in [-0.39, 0.29) is 0 Å². The summed E-state index contributed by atoms with van der Waals surface area (Å²) in [6, 6.07) is 0. The third kappa shape index (κ3) is 2.02. The van der Waals surface area contributed by atoms with Gasteiger partial charge in [-0.3, -0.25) is 0 Å². The molecular weight excluding hydrogens is 194 g/mol. The Morgan fingerprint density at radius 3 is 1.92 bits per heavy atom. The van der Waals surface area contributed by atoms with Gasteiger partial charge in [0.2, 0.25) is 6.17 Å². The summed E-state index contributed by atoms with van der Waals surface area (Å²) in [5, 5.41) is 0. The molecule has 0 aromatic rings. The lowest BCUT2D eigenvalue weighted by molar-refractivity contribution is -0.226. The summed E-state index contributed by atoms with van der Waals surface area (Å²) in [4.78, 5) is 11.6. The largest absolute Gasteiger partial charge is 0.421 e. The molecule has 0 aromatic heterocycles. The van der Waals surface area contributed by atoms with E-state index in [1.807, 2.05) is 4.94 Å². The summed E-state index contributed by atoms with van der Waals surface area (Å²) < 4.78 is 68.8. The second kappa shape index (κ2) is 3.63. The van der Waals surface area contributed by atoms with Crippen LogP contribution in [0.4, 0.5) is 26.5 Å². The third-order valence-electron chi connectivity index (χ3n) is 0.910. The van der Waals surface area contributed by atoms with Crippen molar-refractivity contribution in [3.05, 3.63) is 0 Å². The molecule has 0 spiro atoms. The molecule has 1 atom stereocenters. The van der Waals surface area contributed by atoms with E-state index in [1.165, 1.54) is 0 Å². The molecule has 0 aliphatic carbocycles. The van der Waals surface area contributed by atoms with Crippen molar-refractivity contribution < 1.29 is 36.2 Å². The average molecular weight is 196 g/mol. The molecule has 8 heteroatoms. The average Bonchev–Trinajstić information content (AvgIpc) is 2.01. The molecule has 0 aromatic carbocycles. The number of carbonyl (C=O) groups is 1. The second-order valence-electron chi connectivity index (χ2n) is 1.72. The lowest BCUT2D eigenvalue weighted by Crippen LogP contribution is -2.43. The van der Waals surface area contributed by atoms with Crippen molar-refractivity contribution in [1.29, 1.82) is 0 Å². The lowest BCUT2D eigenvalue weighted by atomic mass is 10.2. The molecule has 0 radical (unpaired) electrons. The molecule has 0 N–H and O–H groups in total. The lowest BCUT2D eigenvalue weighted by Gasteiger charge is -2.14. The molecule has 1 unspecified atom stereocenters. The van der Waals surface area contributed by atoms with Crippen molar-refractivity contribution >= 4 is 5.97 Å². The van der Waals surface area contributed by atoms with Crippen LogP contribution in [0.15, 0.2) is 0 Å². The van der Waals surface area contributed by atoms with Gasteiger partial charge in [0.25, 0.3) is 6.43 Å². The summed E-state index contributed by atoms with van der Waals surface area (Å²) in [5.41, 5.74) is 0. The zero-order valence-corrected chi connectivity index (χ0v) is 5.24. The molecule has 2 nitrogen and oxygen atoms in total. The van der Waals surface area contributed by atoms with Gasteiger partial charge in [-0.15, -0.1) is 0 Å². The van der Waals surface area contributed by atoms with Crippen LogP contribution in [0, 0.1) is 0 Å². The van der Waals surface area contributed by atoms with Crippen LogP contribution in [0.5, 0.6) is 0 Å². The normalized spacial score (nSPS) is 14.6. The van der Waals surface area contributed by atoms with E-state index in [4.69, 9.17) is 0 Å². The summed E-state index contributed by atoms with van der Waals surface area (Å²) in [6.45, 7) is 0. The Kier molecular flexibility index (Phi) is 3.35. The van der Waals surface area contributed by atoms with Crippen molar-refractivity contribution in [3.63, 3.8) is 0 Å². The van der Waals surface area contributed by atoms with E-state index in [9.17, 15) is 31.3 Å². The zero-order chi connectivity index (χ0) is 9.94. The quantitative estimate of drug-likeness (QED) is 0.641. The van der Waals surface area contributed by atoms with Crippen LogP contribution in [0.25, 0.3) is 0 Å². The minimum Gasteiger partial charge on any atom is -0.248 e. The fraction of sp³-hybridized carbons (Fsp3) is 0.750. The van der Waals surface area contributed by atoms with Gasteiger partial charge in [0, 0.05) is 4.53 Å². The van der Waals surface area contributed by atoms with Gasteiger partial charge in [-0.05, 0) is 0 Å². The van der Waals surface area contributed by atoms with Gasteiger partial charge in [-0.25, -0.2) is 22.9 Å². The molecular formula is C4H2F6O2. The maximum Gasteiger partial charge on any atom is 0.421 e. The van der Waals surface area contributed by atoms with E-state index in [1.54, 1.807) is 0 Å². The van der Waals surface area contributed by atoms with E-state index >= 15 is 0 Å². The van der Waals surface area contributed by atoms with Crippen molar-refractivity contribution in [1.82, 2.24) is 0 Å². The Hall–Kier alpha value is -0.950. The molecule has 0 rings (SSSR count). The number of alkyl halides is 5. The molecule has 0 amide bonds. The molecule has 0 aliphatic heterocycles. The number of hydrogen-bond acceptors (Lipinski definition) is 2. The first kappa shape index (κ1) is 11.0. The molecule has 0 saturated heterocycles. The van der Waals surface area contributed by atoms with Crippen molar-refractivity contribution in [3.8, 4) is 0 Å². The molecule has 0 saturated carbocycles. The Morgan fingerprint density at radius 2 is 1.67 bits per heavy atom. The minimum atomic E-state index is -5.16. The predicted octanol–water partition coefficient (Wildman–Crippen LogP) is 1.65. The van der Waals surface area contributed by atoms with Crippen LogP contribution in [0.1, 0.15) is 0 Å². The van der Waals surface area contributed by atoms with Gasteiger partial charge in [-0.1, -0.05) is 0 Å². The number of carbonyl (C=O) groups excluding carboxylic acids is 1. The number of hydrogen-bond donors (Lipinski definition) is 0. The van der Waals surface area contributed by atoms with Gasteiger partial charge in [-0.2, -0.15) is 8.78 Å². The van der Waals surface area contributed by atoms with Crippen LogP contribution >= 0.6 is 0 Å². The van der Waals surface area contributed by atoms with Crippen molar-refractivity contribution in [2.24, 2.45) is 0 Å². The molecule has 72 valence electrons. The van der Waals surface area contributed by atoms with Crippen molar-refractivity contribution in [2.75, 3.05) is 0 Å². The van der Waals surface area contributed by atoms with E-state index in [2.05, 4.69) is 0 Å². The van der Waals surface area contributed by atoms with Crippen LogP contribution in [-0.2, 0) is 9.74 Å². The van der Waals surface area contributed by atoms with Gasteiger partial charge >= 0.3 is 11.9 Å². The number of rotatable bonds is 3. The van der Waals surface area contributed by atoms with Crippen LogP contribution < -0.4 is 0 Å². The van der Waals surface area contributed by atoms with Gasteiger partial charge < -0.3 is 0 Å². The smallest absolute Gasteiger partial charge is 0.248 e. The SMILES string of the molecule is O=C(OF)C(F)(F)C(F)C(F)F. The van der Waals surface area contributed by atoms with Crippen LogP contribution in [-0.4, -0.2) is 24.5 Å². The predicted molar refractivity (Wildman–Crippen MR) is 23.0 cm³/mol. The van der Waals surface area contributed by atoms with Gasteiger partial charge in [0.1, 0.15) is 0 Å². The summed E-state index contributed by atoms with van der Waals surface area (Å²) in [7, 11) is 0. The Morgan fingerprint density at radius 1 is 1.25 bits per heavy atom. The minimum absolute atomic E-state index is 1.92.